The molecule has 0 spiro atoms. The van der Waals surface area contributed by atoms with E-state index < -0.39 is 0 Å². The summed E-state index contributed by atoms with van der Waals surface area (Å²) in [4.78, 5) is 6.22. The van der Waals surface area contributed by atoms with Gasteiger partial charge in [0.1, 0.15) is 29.1 Å². The number of nitrogens with zero attached hydrogens (tertiary/aromatic N) is 3. The third-order valence-corrected chi connectivity index (χ3v) is 3.48. The standard InChI is InChI=1S/C12H14ClN3O2/c1-17-9-6-16(7-10(9)18-2)12-11(13)8(5-14)3-4-15-12/h3-4,9-10H,6-7H2,1-2H3. The van der Waals surface area contributed by atoms with E-state index >= 15 is 0 Å². The molecule has 96 valence electrons. The predicted molar refractivity (Wildman–Crippen MR) is 67.8 cm³/mol. The molecule has 6 heteroatoms. The highest BCUT2D eigenvalue weighted by atomic mass is 35.5. The van der Waals surface area contributed by atoms with Crippen LogP contribution in [0.25, 0.3) is 0 Å². The van der Waals surface area contributed by atoms with E-state index in [9.17, 15) is 0 Å². The van der Waals surface area contributed by atoms with E-state index in [0.717, 1.165) is 0 Å². The molecule has 1 saturated heterocycles. The van der Waals surface area contributed by atoms with Crippen LogP contribution < -0.4 is 4.90 Å². The Morgan fingerprint density at radius 2 is 2.00 bits per heavy atom. The topological polar surface area (TPSA) is 58.4 Å². The molecule has 2 rings (SSSR count). The van der Waals surface area contributed by atoms with Crippen LogP contribution in [0.4, 0.5) is 5.82 Å². The maximum Gasteiger partial charge on any atom is 0.148 e. The van der Waals surface area contributed by atoms with Gasteiger partial charge in [-0.05, 0) is 6.07 Å². The second-order valence-corrected chi connectivity index (χ2v) is 4.44. The second kappa shape index (κ2) is 5.53. The lowest BCUT2D eigenvalue weighted by Crippen LogP contribution is -2.27. The Morgan fingerprint density at radius 3 is 2.50 bits per heavy atom. The van der Waals surface area contributed by atoms with Gasteiger partial charge in [0, 0.05) is 33.5 Å². The van der Waals surface area contributed by atoms with Crippen molar-refractivity contribution in [1.82, 2.24) is 4.98 Å². The number of methoxy groups -OCH3 is 2. The molecule has 1 aliphatic heterocycles. The van der Waals surface area contributed by atoms with E-state index in [-0.39, 0.29) is 12.2 Å². The Bertz CT molecular complexity index is 463. The summed E-state index contributed by atoms with van der Waals surface area (Å²) in [5.41, 5.74) is 0.427. The van der Waals surface area contributed by atoms with Gasteiger partial charge in [-0.25, -0.2) is 4.98 Å². The van der Waals surface area contributed by atoms with Crippen molar-refractivity contribution in [2.45, 2.75) is 12.2 Å². The fraction of sp³-hybridized carbons (Fsp3) is 0.500. The Morgan fingerprint density at radius 1 is 1.39 bits per heavy atom. The summed E-state index contributed by atoms with van der Waals surface area (Å²) in [6.07, 6.45) is 1.55. The van der Waals surface area contributed by atoms with Gasteiger partial charge in [0.05, 0.1) is 5.56 Å². The third-order valence-electron chi connectivity index (χ3n) is 3.11. The van der Waals surface area contributed by atoms with E-state index in [1.165, 1.54) is 0 Å². The Hall–Kier alpha value is -1.35. The fourth-order valence-corrected chi connectivity index (χ4v) is 2.38. The van der Waals surface area contributed by atoms with Crippen LogP contribution in [0.3, 0.4) is 0 Å². The Kier molecular flexibility index (Phi) is 4.02. The molecule has 2 heterocycles. The molecule has 0 bridgehead atoms. The van der Waals surface area contributed by atoms with Crippen molar-refractivity contribution < 1.29 is 9.47 Å². The van der Waals surface area contributed by atoms with Gasteiger partial charge < -0.3 is 14.4 Å². The van der Waals surface area contributed by atoms with Gasteiger partial charge in [-0.2, -0.15) is 5.26 Å². The molecule has 0 amide bonds. The lowest BCUT2D eigenvalue weighted by molar-refractivity contribution is -0.00461. The lowest BCUT2D eigenvalue weighted by Gasteiger charge is -2.18. The van der Waals surface area contributed by atoms with E-state index in [0.29, 0.717) is 29.5 Å². The maximum absolute atomic E-state index is 8.95. The number of rotatable bonds is 3. The number of anilines is 1. The van der Waals surface area contributed by atoms with Crippen LogP contribution in [0.15, 0.2) is 12.3 Å². The van der Waals surface area contributed by atoms with Crippen molar-refractivity contribution in [3.63, 3.8) is 0 Å². The molecule has 18 heavy (non-hydrogen) atoms. The summed E-state index contributed by atoms with van der Waals surface area (Å²) in [5.74, 6) is 0.609. The zero-order valence-electron chi connectivity index (χ0n) is 10.3. The number of pyridine rings is 1. The first-order valence-corrected chi connectivity index (χ1v) is 5.94. The lowest BCUT2D eigenvalue weighted by atomic mass is 10.3. The van der Waals surface area contributed by atoms with Crippen LogP contribution in [-0.4, -0.2) is 44.5 Å². The van der Waals surface area contributed by atoms with Gasteiger partial charge >= 0.3 is 0 Å². The van der Waals surface area contributed by atoms with Crippen molar-refractivity contribution in [1.29, 1.82) is 5.26 Å². The van der Waals surface area contributed by atoms with Gasteiger partial charge in [0.25, 0.3) is 0 Å². The van der Waals surface area contributed by atoms with Gasteiger partial charge in [0.15, 0.2) is 0 Å². The Labute approximate surface area is 111 Å². The van der Waals surface area contributed by atoms with E-state index in [4.69, 9.17) is 26.3 Å². The molecule has 0 aliphatic carbocycles. The summed E-state index contributed by atoms with van der Waals surface area (Å²) in [6.45, 7) is 1.30. The minimum absolute atomic E-state index is 0.0152. The molecule has 0 radical (unpaired) electrons. The van der Waals surface area contributed by atoms with E-state index in [1.807, 2.05) is 11.0 Å². The number of hydrogen-bond donors (Lipinski definition) is 0. The van der Waals surface area contributed by atoms with Crippen LogP contribution in [0, 0.1) is 11.3 Å². The zero-order chi connectivity index (χ0) is 13.1. The van der Waals surface area contributed by atoms with Crippen molar-refractivity contribution in [3.8, 4) is 6.07 Å². The largest absolute Gasteiger partial charge is 0.377 e. The highest BCUT2D eigenvalue weighted by Gasteiger charge is 2.34. The molecular weight excluding hydrogens is 254 g/mol. The van der Waals surface area contributed by atoms with E-state index in [2.05, 4.69) is 4.98 Å². The molecule has 1 aliphatic rings. The average Bonchev–Trinajstić information content (AvgIpc) is 2.82. The second-order valence-electron chi connectivity index (χ2n) is 4.06. The highest BCUT2D eigenvalue weighted by Crippen LogP contribution is 2.30. The van der Waals surface area contributed by atoms with Crippen molar-refractivity contribution in [2.75, 3.05) is 32.2 Å². The number of nitriles is 1. The molecule has 1 aromatic heterocycles. The highest BCUT2D eigenvalue weighted by molar-refractivity contribution is 6.34. The van der Waals surface area contributed by atoms with Gasteiger partial charge in [-0.3, -0.25) is 0 Å². The van der Waals surface area contributed by atoms with Gasteiger partial charge in [-0.15, -0.1) is 0 Å². The molecule has 2 atom stereocenters. The summed E-state index contributed by atoms with van der Waals surface area (Å²) in [6, 6.07) is 3.65. The van der Waals surface area contributed by atoms with Crippen LogP contribution >= 0.6 is 11.6 Å². The Balaban J connectivity index is 2.26. The van der Waals surface area contributed by atoms with E-state index in [1.54, 1.807) is 26.5 Å². The molecule has 2 unspecified atom stereocenters. The molecule has 1 fully saturated rings. The third kappa shape index (κ3) is 2.27. The first kappa shape index (κ1) is 13.1. The van der Waals surface area contributed by atoms with Crippen molar-refractivity contribution >= 4 is 17.4 Å². The zero-order valence-corrected chi connectivity index (χ0v) is 11.0. The SMILES string of the molecule is COC1CN(c2nccc(C#N)c2Cl)CC1OC. The number of hydrogen-bond acceptors (Lipinski definition) is 5. The van der Waals surface area contributed by atoms with Crippen LogP contribution in [0.1, 0.15) is 5.56 Å². The molecule has 0 N–H and O–H groups in total. The predicted octanol–water partition coefficient (Wildman–Crippen LogP) is 1.46. The monoisotopic (exact) mass is 267 g/mol. The molecular formula is C12H14ClN3O2. The fourth-order valence-electron chi connectivity index (χ4n) is 2.11. The number of ether oxygens (including phenoxy) is 2. The number of halogens is 1. The summed E-state index contributed by atoms with van der Waals surface area (Å²) < 4.78 is 10.7. The maximum atomic E-state index is 8.95. The minimum atomic E-state index is -0.0152. The van der Waals surface area contributed by atoms with Crippen LogP contribution in [-0.2, 0) is 9.47 Å². The summed E-state index contributed by atoms with van der Waals surface area (Å²) in [5, 5.41) is 9.33. The van der Waals surface area contributed by atoms with Crippen molar-refractivity contribution in [2.24, 2.45) is 0 Å². The molecule has 1 aromatic rings. The van der Waals surface area contributed by atoms with Gasteiger partial charge in [0.2, 0.25) is 0 Å². The van der Waals surface area contributed by atoms with Gasteiger partial charge in [-0.1, -0.05) is 11.6 Å². The van der Waals surface area contributed by atoms with Crippen LogP contribution in [0.2, 0.25) is 5.02 Å². The van der Waals surface area contributed by atoms with Crippen molar-refractivity contribution in [3.05, 3.63) is 22.8 Å². The molecule has 0 saturated carbocycles. The normalized spacial score (nSPS) is 23.1. The average molecular weight is 268 g/mol. The first-order chi connectivity index (χ1) is 8.71. The summed E-state index contributed by atoms with van der Waals surface area (Å²) in [7, 11) is 3.31. The van der Waals surface area contributed by atoms with Crippen LogP contribution in [0.5, 0.6) is 0 Å². The quantitative estimate of drug-likeness (QED) is 0.830. The minimum Gasteiger partial charge on any atom is -0.377 e. The smallest absolute Gasteiger partial charge is 0.148 e. The number of aromatic nitrogens is 1. The first-order valence-electron chi connectivity index (χ1n) is 5.56. The molecule has 0 aromatic carbocycles. The molecule has 5 nitrogen and oxygen atoms in total. The summed E-state index contributed by atoms with van der Waals surface area (Å²) >= 11 is 6.16.